The van der Waals surface area contributed by atoms with Crippen LogP contribution in [0.25, 0.3) is 0 Å². The lowest BCUT2D eigenvalue weighted by molar-refractivity contribution is -0.154. The highest BCUT2D eigenvalue weighted by Gasteiger charge is 2.25. The van der Waals surface area contributed by atoms with Crippen LogP contribution in [0.3, 0.4) is 0 Å². The summed E-state index contributed by atoms with van der Waals surface area (Å²) >= 11 is 0. The van der Waals surface area contributed by atoms with Gasteiger partial charge in [-0.25, -0.2) is 4.57 Å². The van der Waals surface area contributed by atoms with Gasteiger partial charge in [0.15, 0.2) is 0 Å². The summed E-state index contributed by atoms with van der Waals surface area (Å²) in [5.41, 5.74) is 5.30. The van der Waals surface area contributed by atoms with Gasteiger partial charge in [0.05, 0.1) is 19.8 Å². The zero-order chi connectivity index (χ0) is 28.9. The molecule has 0 aliphatic heterocycles. The Bertz CT molecular complexity index is 618. The fraction of sp³-hybridized carbons (Fsp3) is 0.900. The number of ether oxygens (including phenoxy) is 2. The maximum Gasteiger partial charge on any atom is 0.472 e. The number of carbonyl (C=O) groups excluding carboxylic acids is 1. The first-order chi connectivity index (χ1) is 18.9. The zero-order valence-electron chi connectivity index (χ0n) is 25.1. The monoisotopic (exact) mass is 577 g/mol. The van der Waals surface area contributed by atoms with E-state index in [0.29, 0.717) is 13.0 Å². The summed E-state index contributed by atoms with van der Waals surface area (Å²) in [6.07, 6.45) is 25.6. The van der Waals surface area contributed by atoms with Crippen LogP contribution in [-0.4, -0.2) is 49.9 Å². The van der Waals surface area contributed by atoms with E-state index in [1.54, 1.807) is 0 Å². The van der Waals surface area contributed by atoms with Gasteiger partial charge in [0.2, 0.25) is 0 Å². The maximum absolute atomic E-state index is 12.2. The summed E-state index contributed by atoms with van der Waals surface area (Å²) in [5.74, 6) is -0.351. The number of allylic oxidation sites excluding steroid dienone is 2. The Morgan fingerprint density at radius 2 is 1.28 bits per heavy atom. The Morgan fingerprint density at radius 3 is 1.87 bits per heavy atom. The number of rotatable bonds is 30. The van der Waals surface area contributed by atoms with Crippen molar-refractivity contribution in [3.8, 4) is 0 Å². The lowest BCUT2D eigenvalue weighted by Crippen LogP contribution is -2.28. The summed E-state index contributed by atoms with van der Waals surface area (Å²) < 4.78 is 32.8. The normalized spacial score (nSPS) is 14.1. The van der Waals surface area contributed by atoms with Crippen LogP contribution in [-0.2, 0) is 27.9 Å². The largest absolute Gasteiger partial charge is 0.472 e. The molecule has 0 aliphatic rings. The van der Waals surface area contributed by atoms with Crippen molar-refractivity contribution in [1.82, 2.24) is 0 Å². The molecule has 0 bridgehead atoms. The van der Waals surface area contributed by atoms with Crippen molar-refractivity contribution in [2.45, 2.75) is 142 Å². The maximum atomic E-state index is 12.2. The number of esters is 1. The molecule has 3 N–H and O–H groups in total. The van der Waals surface area contributed by atoms with E-state index in [2.05, 4.69) is 26.0 Å². The molecule has 0 spiro atoms. The predicted octanol–water partition coefficient (Wildman–Crippen LogP) is 8.02. The van der Waals surface area contributed by atoms with Crippen molar-refractivity contribution in [3.05, 3.63) is 12.2 Å². The number of unbranched alkanes of at least 4 members (excludes halogenated alkanes) is 15. The molecular formula is C30H60NO7P. The molecule has 0 fully saturated rings. The SMILES string of the molecule is CCCCCCCC/C=C\CCCCCCCCOCC(COP(=O)(O)OCCN)OC(=O)CCCCCC. The van der Waals surface area contributed by atoms with Crippen molar-refractivity contribution in [2.75, 3.05) is 33.0 Å². The summed E-state index contributed by atoms with van der Waals surface area (Å²) in [5, 5.41) is 0. The smallest absolute Gasteiger partial charge is 0.457 e. The van der Waals surface area contributed by atoms with Gasteiger partial charge in [0.1, 0.15) is 6.10 Å². The minimum Gasteiger partial charge on any atom is -0.457 e. The van der Waals surface area contributed by atoms with Gasteiger partial charge in [-0.2, -0.15) is 0 Å². The van der Waals surface area contributed by atoms with Gasteiger partial charge in [-0.1, -0.05) is 103 Å². The van der Waals surface area contributed by atoms with E-state index in [4.69, 9.17) is 24.3 Å². The van der Waals surface area contributed by atoms with Crippen molar-refractivity contribution in [3.63, 3.8) is 0 Å². The molecule has 232 valence electrons. The summed E-state index contributed by atoms with van der Waals surface area (Å²) in [6, 6.07) is 0. The number of phosphoric acid groups is 1. The van der Waals surface area contributed by atoms with Crippen molar-refractivity contribution in [2.24, 2.45) is 5.73 Å². The van der Waals surface area contributed by atoms with Crippen molar-refractivity contribution >= 4 is 13.8 Å². The Hall–Kier alpha value is -0.760. The lowest BCUT2D eigenvalue weighted by Gasteiger charge is -2.20. The van der Waals surface area contributed by atoms with E-state index in [1.807, 2.05) is 0 Å². The molecule has 0 saturated carbocycles. The third-order valence-corrected chi connectivity index (χ3v) is 7.42. The van der Waals surface area contributed by atoms with Crippen LogP contribution in [0.4, 0.5) is 0 Å². The Balaban J connectivity index is 3.96. The predicted molar refractivity (Wildman–Crippen MR) is 160 cm³/mol. The van der Waals surface area contributed by atoms with E-state index in [0.717, 1.165) is 38.5 Å². The van der Waals surface area contributed by atoms with E-state index in [-0.39, 0.29) is 32.3 Å². The second-order valence-corrected chi connectivity index (χ2v) is 11.8. The molecule has 0 amide bonds. The Kier molecular flexibility index (Phi) is 28.2. The fourth-order valence-electron chi connectivity index (χ4n) is 4.11. The summed E-state index contributed by atoms with van der Waals surface area (Å²) in [7, 11) is -4.25. The van der Waals surface area contributed by atoms with Gasteiger partial charge in [0, 0.05) is 19.6 Å². The van der Waals surface area contributed by atoms with E-state index in [9.17, 15) is 14.3 Å². The van der Waals surface area contributed by atoms with E-state index < -0.39 is 13.9 Å². The second kappa shape index (κ2) is 28.8. The standard InChI is InChI=1S/C30H60NO7P/c1-3-5-7-9-10-11-12-13-14-15-16-17-18-19-20-22-25-35-27-29(28-37-39(33,34)36-26-24-31)38-30(32)23-21-8-6-4-2/h13-14,29H,3-12,15-28,31H2,1-2H3,(H,33,34)/b14-13-. The molecule has 2 atom stereocenters. The molecule has 39 heavy (non-hydrogen) atoms. The van der Waals surface area contributed by atoms with E-state index in [1.165, 1.54) is 77.0 Å². The molecular weight excluding hydrogens is 517 g/mol. The highest BCUT2D eigenvalue weighted by molar-refractivity contribution is 7.47. The Morgan fingerprint density at radius 1 is 0.744 bits per heavy atom. The first-order valence-electron chi connectivity index (χ1n) is 15.7. The number of phosphoric ester groups is 1. The quantitative estimate of drug-likeness (QED) is 0.0381. The van der Waals surface area contributed by atoms with Gasteiger partial charge < -0.3 is 20.1 Å². The molecule has 2 unspecified atom stereocenters. The van der Waals surface area contributed by atoms with Gasteiger partial charge >= 0.3 is 13.8 Å². The minimum absolute atomic E-state index is 0.0951. The van der Waals surface area contributed by atoms with Crippen LogP contribution in [0, 0.1) is 0 Å². The van der Waals surface area contributed by atoms with Crippen molar-refractivity contribution < 1.29 is 32.8 Å². The highest BCUT2D eigenvalue weighted by Crippen LogP contribution is 2.43. The topological polar surface area (TPSA) is 117 Å². The first kappa shape index (κ1) is 38.2. The number of nitrogens with two attached hydrogens (primary N) is 1. The van der Waals surface area contributed by atoms with Gasteiger partial charge in [-0.05, 0) is 38.5 Å². The third kappa shape index (κ3) is 28.6. The molecule has 0 saturated heterocycles. The summed E-state index contributed by atoms with van der Waals surface area (Å²) in [6.45, 7) is 4.76. The molecule has 9 heteroatoms. The summed E-state index contributed by atoms with van der Waals surface area (Å²) in [4.78, 5) is 21.9. The number of hydrogen-bond acceptors (Lipinski definition) is 7. The van der Waals surface area contributed by atoms with Crippen LogP contribution in [0.15, 0.2) is 12.2 Å². The van der Waals surface area contributed by atoms with Gasteiger partial charge in [0.25, 0.3) is 0 Å². The molecule has 0 rings (SSSR count). The molecule has 0 aliphatic carbocycles. The molecule has 0 aromatic rings. The van der Waals surface area contributed by atoms with Crippen LogP contribution >= 0.6 is 7.82 Å². The highest BCUT2D eigenvalue weighted by atomic mass is 31.2. The molecule has 0 aromatic carbocycles. The first-order valence-corrected chi connectivity index (χ1v) is 17.2. The Labute approximate surface area is 239 Å². The fourth-order valence-corrected chi connectivity index (χ4v) is 4.87. The van der Waals surface area contributed by atoms with Gasteiger partial charge in [-0.15, -0.1) is 0 Å². The third-order valence-electron chi connectivity index (χ3n) is 6.43. The average molecular weight is 578 g/mol. The average Bonchev–Trinajstić information content (AvgIpc) is 2.92. The molecule has 8 nitrogen and oxygen atoms in total. The molecule has 0 heterocycles. The van der Waals surface area contributed by atoms with Crippen LogP contribution < -0.4 is 5.73 Å². The van der Waals surface area contributed by atoms with Crippen LogP contribution in [0.2, 0.25) is 0 Å². The van der Waals surface area contributed by atoms with Crippen molar-refractivity contribution in [1.29, 1.82) is 0 Å². The number of hydrogen-bond donors (Lipinski definition) is 2. The number of carbonyl (C=O) groups is 1. The lowest BCUT2D eigenvalue weighted by atomic mass is 10.1. The zero-order valence-corrected chi connectivity index (χ0v) is 26.0. The molecule has 0 aromatic heterocycles. The minimum atomic E-state index is -4.25. The van der Waals surface area contributed by atoms with Crippen LogP contribution in [0.5, 0.6) is 0 Å². The van der Waals surface area contributed by atoms with Crippen LogP contribution in [0.1, 0.15) is 136 Å². The second-order valence-electron chi connectivity index (χ2n) is 10.3. The molecule has 0 radical (unpaired) electrons. The van der Waals surface area contributed by atoms with E-state index >= 15 is 0 Å². The van der Waals surface area contributed by atoms with Gasteiger partial charge in [-0.3, -0.25) is 13.8 Å².